The monoisotopic (exact) mass is 270 g/mol. The Kier molecular flexibility index (Phi) is 3.39. The van der Waals surface area contributed by atoms with Crippen molar-refractivity contribution in [3.05, 3.63) is 70.0 Å². The van der Waals surface area contributed by atoms with E-state index in [0.29, 0.717) is 0 Å². The van der Waals surface area contributed by atoms with E-state index in [1.54, 1.807) is 0 Å². The molecular weight excluding hydrogens is 265 g/mol. The highest BCUT2D eigenvalue weighted by Crippen LogP contribution is 2.20. The molecule has 92 valence electrons. The van der Waals surface area contributed by atoms with E-state index in [4.69, 9.17) is 11.6 Å². The molecule has 0 radical (unpaired) electrons. The van der Waals surface area contributed by atoms with Gasteiger partial charge in [0.25, 0.3) is 0 Å². The molecule has 0 saturated heterocycles. The lowest BCUT2D eigenvalue weighted by Gasteiger charge is -2.04. The van der Waals surface area contributed by atoms with Crippen LogP contribution >= 0.6 is 11.6 Å². The van der Waals surface area contributed by atoms with Gasteiger partial charge in [0.1, 0.15) is 17.5 Å². The molecule has 0 aliphatic rings. The molecule has 2 aromatic rings. The first-order valence-corrected chi connectivity index (χ1v) is 5.32. The normalized spacial score (nSPS) is 10.4. The molecule has 0 fully saturated rings. The van der Waals surface area contributed by atoms with Gasteiger partial charge in [-0.05, 0) is 30.3 Å². The van der Waals surface area contributed by atoms with Crippen molar-refractivity contribution in [3.63, 3.8) is 0 Å². The zero-order valence-corrected chi connectivity index (χ0v) is 9.64. The number of carbonyl (C=O) groups is 1. The molecule has 0 N–H and O–H groups in total. The Morgan fingerprint density at radius 2 is 1.56 bits per heavy atom. The third-order valence-corrected chi connectivity index (χ3v) is 2.68. The van der Waals surface area contributed by atoms with E-state index in [0.717, 1.165) is 30.3 Å². The lowest BCUT2D eigenvalue weighted by atomic mass is 10.0. The molecule has 1 nitrogen and oxygen atoms in total. The van der Waals surface area contributed by atoms with Crippen LogP contribution in [0.25, 0.3) is 0 Å². The maximum atomic E-state index is 13.4. The van der Waals surface area contributed by atoms with Crippen LogP contribution in [0.3, 0.4) is 0 Å². The molecule has 5 heteroatoms. The number of ketones is 1. The Morgan fingerprint density at radius 1 is 0.944 bits per heavy atom. The topological polar surface area (TPSA) is 17.1 Å². The van der Waals surface area contributed by atoms with Gasteiger partial charge in [0.15, 0.2) is 5.78 Å². The Bertz CT molecular complexity index is 605. The molecule has 0 unspecified atom stereocenters. The van der Waals surface area contributed by atoms with Crippen LogP contribution < -0.4 is 0 Å². The molecule has 2 rings (SSSR count). The number of hydrogen-bond acceptors (Lipinski definition) is 1. The van der Waals surface area contributed by atoms with Crippen molar-refractivity contribution in [2.24, 2.45) is 0 Å². The first-order valence-electron chi connectivity index (χ1n) is 4.94. The molecule has 0 aliphatic heterocycles. The summed E-state index contributed by atoms with van der Waals surface area (Å²) in [7, 11) is 0. The fourth-order valence-electron chi connectivity index (χ4n) is 1.50. The summed E-state index contributed by atoms with van der Waals surface area (Å²) in [4.78, 5) is 11.9. The minimum absolute atomic E-state index is 0.166. The van der Waals surface area contributed by atoms with E-state index < -0.39 is 28.8 Å². The van der Waals surface area contributed by atoms with Crippen molar-refractivity contribution >= 4 is 17.4 Å². The minimum Gasteiger partial charge on any atom is -0.288 e. The molecule has 2 aromatic carbocycles. The molecule has 0 aromatic heterocycles. The minimum atomic E-state index is -0.990. The zero-order chi connectivity index (χ0) is 13.3. The highest BCUT2D eigenvalue weighted by atomic mass is 35.5. The number of benzene rings is 2. The number of hydrogen-bond donors (Lipinski definition) is 0. The van der Waals surface area contributed by atoms with Gasteiger partial charge in [-0.15, -0.1) is 0 Å². The number of carbonyl (C=O) groups excluding carboxylic acids is 1. The predicted octanol–water partition coefficient (Wildman–Crippen LogP) is 3.99. The summed E-state index contributed by atoms with van der Waals surface area (Å²) >= 11 is 5.46. The third-order valence-electron chi connectivity index (χ3n) is 2.37. The fraction of sp³-hybridized carbons (Fsp3) is 0. The molecule has 18 heavy (non-hydrogen) atoms. The lowest BCUT2D eigenvalue weighted by molar-refractivity contribution is 0.103. The predicted molar refractivity (Wildman–Crippen MR) is 61.2 cm³/mol. The molecule has 0 atom stereocenters. The summed E-state index contributed by atoms with van der Waals surface area (Å²) in [6, 6.07) is 6.27. The van der Waals surface area contributed by atoms with Gasteiger partial charge in [0.05, 0.1) is 10.6 Å². The Hall–Kier alpha value is -1.81. The number of halogens is 4. The second kappa shape index (κ2) is 4.82. The third kappa shape index (κ3) is 2.24. The Balaban J connectivity index is 2.51. The van der Waals surface area contributed by atoms with Gasteiger partial charge in [-0.25, -0.2) is 13.2 Å². The van der Waals surface area contributed by atoms with Gasteiger partial charge in [0, 0.05) is 5.56 Å². The Labute approximate surface area is 106 Å². The smallest absolute Gasteiger partial charge is 0.199 e. The average molecular weight is 271 g/mol. The summed E-state index contributed by atoms with van der Waals surface area (Å²) in [5.41, 5.74) is -0.875. The maximum Gasteiger partial charge on any atom is 0.199 e. The van der Waals surface area contributed by atoms with Gasteiger partial charge in [-0.3, -0.25) is 4.79 Å². The van der Waals surface area contributed by atoms with E-state index in [1.165, 1.54) is 6.07 Å². The standard InChI is InChI=1S/C13H6ClF3O/c14-8-5-4-7(6-11(8)17)13(18)12-9(15)2-1-3-10(12)16/h1-6H. The highest BCUT2D eigenvalue weighted by Gasteiger charge is 2.19. The van der Waals surface area contributed by atoms with Crippen molar-refractivity contribution < 1.29 is 18.0 Å². The SMILES string of the molecule is O=C(c1ccc(Cl)c(F)c1)c1c(F)cccc1F. The van der Waals surface area contributed by atoms with Gasteiger partial charge in [-0.2, -0.15) is 0 Å². The summed E-state index contributed by atoms with van der Waals surface area (Å²) in [6.07, 6.45) is 0. The van der Waals surface area contributed by atoms with Gasteiger partial charge in [0.2, 0.25) is 0 Å². The molecular formula is C13H6ClF3O. The van der Waals surface area contributed by atoms with Crippen LogP contribution in [-0.2, 0) is 0 Å². The molecule has 0 heterocycles. The van der Waals surface area contributed by atoms with Crippen molar-refractivity contribution in [1.29, 1.82) is 0 Å². The summed E-state index contributed by atoms with van der Waals surface area (Å²) in [6.45, 7) is 0. The Morgan fingerprint density at radius 3 is 2.11 bits per heavy atom. The number of rotatable bonds is 2. The summed E-state index contributed by atoms with van der Waals surface area (Å²) in [5, 5.41) is -0.166. The van der Waals surface area contributed by atoms with Crippen molar-refractivity contribution in [1.82, 2.24) is 0 Å². The highest BCUT2D eigenvalue weighted by molar-refractivity contribution is 6.30. The van der Waals surface area contributed by atoms with Crippen LogP contribution in [0.4, 0.5) is 13.2 Å². The average Bonchev–Trinajstić information content (AvgIpc) is 2.32. The van der Waals surface area contributed by atoms with Crippen LogP contribution in [0.2, 0.25) is 5.02 Å². The van der Waals surface area contributed by atoms with Crippen LogP contribution in [0.15, 0.2) is 36.4 Å². The van der Waals surface area contributed by atoms with Crippen LogP contribution in [-0.4, -0.2) is 5.78 Å². The molecule has 0 spiro atoms. The summed E-state index contributed by atoms with van der Waals surface area (Å²) in [5.74, 6) is -3.73. The zero-order valence-electron chi connectivity index (χ0n) is 8.88. The van der Waals surface area contributed by atoms with E-state index in [-0.39, 0.29) is 10.6 Å². The van der Waals surface area contributed by atoms with E-state index in [9.17, 15) is 18.0 Å². The van der Waals surface area contributed by atoms with Crippen LogP contribution in [0.5, 0.6) is 0 Å². The second-order valence-electron chi connectivity index (χ2n) is 3.55. The van der Waals surface area contributed by atoms with E-state index in [2.05, 4.69) is 0 Å². The fourth-order valence-corrected chi connectivity index (χ4v) is 1.61. The maximum absolute atomic E-state index is 13.4. The first kappa shape index (κ1) is 12.6. The van der Waals surface area contributed by atoms with Crippen LogP contribution in [0, 0.1) is 17.5 Å². The lowest BCUT2D eigenvalue weighted by Crippen LogP contribution is -2.07. The van der Waals surface area contributed by atoms with Gasteiger partial charge in [-0.1, -0.05) is 17.7 Å². The van der Waals surface area contributed by atoms with Crippen molar-refractivity contribution in [2.75, 3.05) is 0 Å². The first-order chi connectivity index (χ1) is 8.50. The summed E-state index contributed by atoms with van der Waals surface area (Å²) < 4.78 is 40.0. The van der Waals surface area contributed by atoms with Gasteiger partial charge >= 0.3 is 0 Å². The largest absolute Gasteiger partial charge is 0.288 e. The second-order valence-corrected chi connectivity index (χ2v) is 3.96. The van der Waals surface area contributed by atoms with E-state index in [1.807, 2.05) is 0 Å². The van der Waals surface area contributed by atoms with E-state index >= 15 is 0 Å². The van der Waals surface area contributed by atoms with Crippen molar-refractivity contribution in [3.8, 4) is 0 Å². The molecule has 0 saturated carbocycles. The van der Waals surface area contributed by atoms with Gasteiger partial charge < -0.3 is 0 Å². The van der Waals surface area contributed by atoms with Crippen molar-refractivity contribution in [2.45, 2.75) is 0 Å². The molecule has 0 aliphatic carbocycles. The quantitative estimate of drug-likeness (QED) is 0.754. The molecule has 0 amide bonds. The molecule has 0 bridgehead atoms. The van der Waals surface area contributed by atoms with Crippen LogP contribution in [0.1, 0.15) is 15.9 Å².